The van der Waals surface area contributed by atoms with Crippen molar-refractivity contribution in [2.75, 3.05) is 31.1 Å². The molecule has 1 aliphatic rings. The first-order valence-corrected chi connectivity index (χ1v) is 7.98. The second-order valence-corrected chi connectivity index (χ2v) is 5.71. The fourth-order valence-corrected chi connectivity index (χ4v) is 3.02. The summed E-state index contributed by atoms with van der Waals surface area (Å²) in [5.41, 5.74) is 1.44. The van der Waals surface area contributed by atoms with Gasteiger partial charge in [0.05, 0.1) is 5.52 Å². The highest BCUT2D eigenvalue weighted by Gasteiger charge is 2.24. The van der Waals surface area contributed by atoms with Crippen molar-refractivity contribution in [3.8, 4) is 0 Å². The molecular weight excluding hydrogens is 302 g/mol. The van der Waals surface area contributed by atoms with E-state index in [0.717, 1.165) is 29.8 Å². The molecule has 0 spiro atoms. The van der Waals surface area contributed by atoms with E-state index in [2.05, 4.69) is 19.9 Å². The Morgan fingerprint density at radius 2 is 1.67 bits per heavy atom. The van der Waals surface area contributed by atoms with Crippen molar-refractivity contribution < 1.29 is 4.79 Å². The molecule has 0 radical (unpaired) electrons. The van der Waals surface area contributed by atoms with Crippen LogP contribution in [0.4, 0.5) is 5.82 Å². The molecule has 1 saturated heterocycles. The van der Waals surface area contributed by atoms with Crippen LogP contribution in [0.1, 0.15) is 10.5 Å². The van der Waals surface area contributed by atoms with Crippen molar-refractivity contribution in [3.63, 3.8) is 0 Å². The van der Waals surface area contributed by atoms with Crippen LogP contribution in [0.5, 0.6) is 0 Å². The molecule has 1 amide bonds. The van der Waals surface area contributed by atoms with Gasteiger partial charge in [0, 0.05) is 37.8 Å². The largest absolute Gasteiger partial charge is 0.352 e. The number of benzene rings is 1. The van der Waals surface area contributed by atoms with Crippen molar-refractivity contribution in [1.29, 1.82) is 0 Å². The lowest BCUT2D eigenvalue weighted by molar-refractivity contribution is 0.0740. The van der Waals surface area contributed by atoms with Gasteiger partial charge in [-0.05, 0) is 24.3 Å². The van der Waals surface area contributed by atoms with E-state index in [-0.39, 0.29) is 5.91 Å². The van der Waals surface area contributed by atoms with E-state index in [1.54, 1.807) is 18.6 Å². The molecule has 0 unspecified atom stereocenters. The van der Waals surface area contributed by atoms with Crippen LogP contribution in [0.15, 0.2) is 55.0 Å². The van der Waals surface area contributed by atoms with E-state index < -0.39 is 0 Å². The summed E-state index contributed by atoms with van der Waals surface area (Å²) in [5, 5.41) is 1.05. The minimum absolute atomic E-state index is 0.0113. The molecule has 0 aliphatic carbocycles. The summed E-state index contributed by atoms with van der Waals surface area (Å²) < 4.78 is 0. The maximum absolute atomic E-state index is 12.5. The van der Waals surface area contributed by atoms with Gasteiger partial charge in [-0.15, -0.1) is 0 Å². The molecule has 0 bridgehead atoms. The summed E-state index contributed by atoms with van der Waals surface area (Å²) >= 11 is 0. The van der Waals surface area contributed by atoms with Crippen molar-refractivity contribution in [2.45, 2.75) is 0 Å². The third-order valence-corrected chi connectivity index (χ3v) is 4.27. The van der Waals surface area contributed by atoms with Gasteiger partial charge in [-0.25, -0.2) is 9.97 Å². The average molecular weight is 319 g/mol. The molecule has 120 valence electrons. The van der Waals surface area contributed by atoms with Crippen LogP contribution in [0.2, 0.25) is 0 Å². The zero-order valence-electron chi connectivity index (χ0n) is 13.2. The monoisotopic (exact) mass is 319 g/mol. The van der Waals surface area contributed by atoms with Gasteiger partial charge >= 0.3 is 0 Å². The number of hydrogen-bond acceptors (Lipinski definition) is 5. The predicted octanol–water partition coefficient (Wildman–Crippen LogP) is 1.99. The second kappa shape index (κ2) is 6.23. The SMILES string of the molecule is O=C(c1ccccn1)N1CCN(c2ncnc3ccccc23)CC1. The number of piperazine rings is 1. The number of amides is 1. The Morgan fingerprint density at radius 3 is 2.46 bits per heavy atom. The zero-order chi connectivity index (χ0) is 16.4. The lowest BCUT2D eigenvalue weighted by Crippen LogP contribution is -2.49. The lowest BCUT2D eigenvalue weighted by atomic mass is 10.2. The Hall–Kier alpha value is -3.02. The quantitative estimate of drug-likeness (QED) is 0.723. The van der Waals surface area contributed by atoms with Crippen LogP contribution in [0, 0.1) is 0 Å². The highest BCUT2D eigenvalue weighted by Crippen LogP contribution is 2.23. The molecular formula is C18H17N5O. The smallest absolute Gasteiger partial charge is 0.272 e. The zero-order valence-corrected chi connectivity index (χ0v) is 13.2. The Morgan fingerprint density at radius 1 is 0.875 bits per heavy atom. The van der Waals surface area contributed by atoms with Gasteiger partial charge < -0.3 is 9.80 Å². The molecule has 0 N–H and O–H groups in total. The minimum atomic E-state index is -0.0113. The average Bonchev–Trinajstić information content (AvgIpc) is 2.68. The number of carbonyl (C=O) groups is 1. The first-order valence-electron chi connectivity index (χ1n) is 7.98. The normalized spacial score (nSPS) is 14.8. The molecule has 24 heavy (non-hydrogen) atoms. The van der Waals surface area contributed by atoms with Crippen LogP contribution < -0.4 is 4.90 Å². The van der Waals surface area contributed by atoms with E-state index in [0.29, 0.717) is 18.8 Å². The summed E-state index contributed by atoms with van der Waals surface area (Å²) in [4.78, 5) is 29.5. The summed E-state index contributed by atoms with van der Waals surface area (Å²) in [6.45, 7) is 2.82. The van der Waals surface area contributed by atoms with Crippen molar-refractivity contribution in [2.24, 2.45) is 0 Å². The second-order valence-electron chi connectivity index (χ2n) is 5.71. The molecule has 3 aromatic rings. The molecule has 1 aromatic carbocycles. The number of para-hydroxylation sites is 1. The van der Waals surface area contributed by atoms with Crippen molar-refractivity contribution in [1.82, 2.24) is 19.9 Å². The van der Waals surface area contributed by atoms with Gasteiger partial charge in [-0.3, -0.25) is 9.78 Å². The van der Waals surface area contributed by atoms with Gasteiger partial charge in [0.2, 0.25) is 0 Å². The molecule has 6 heteroatoms. The highest BCUT2D eigenvalue weighted by molar-refractivity contribution is 5.93. The van der Waals surface area contributed by atoms with E-state index in [1.807, 2.05) is 41.3 Å². The summed E-state index contributed by atoms with van der Waals surface area (Å²) in [6.07, 6.45) is 3.25. The number of fused-ring (bicyclic) bond motifs is 1. The molecule has 4 rings (SSSR count). The van der Waals surface area contributed by atoms with Gasteiger partial charge in [0.25, 0.3) is 5.91 Å². The van der Waals surface area contributed by atoms with Gasteiger partial charge in [0.15, 0.2) is 0 Å². The van der Waals surface area contributed by atoms with Gasteiger partial charge in [0.1, 0.15) is 17.8 Å². The van der Waals surface area contributed by atoms with Crippen molar-refractivity contribution >= 4 is 22.6 Å². The summed E-state index contributed by atoms with van der Waals surface area (Å²) in [5.74, 6) is 0.924. The Bertz CT molecular complexity index is 854. The maximum atomic E-state index is 12.5. The molecule has 0 atom stereocenters. The van der Waals surface area contributed by atoms with Crippen LogP contribution in [-0.2, 0) is 0 Å². The highest BCUT2D eigenvalue weighted by atomic mass is 16.2. The summed E-state index contributed by atoms with van der Waals surface area (Å²) in [7, 11) is 0. The number of aromatic nitrogens is 3. The molecule has 1 aliphatic heterocycles. The van der Waals surface area contributed by atoms with Gasteiger partial charge in [-0.1, -0.05) is 18.2 Å². The molecule has 6 nitrogen and oxygen atoms in total. The Kier molecular flexibility index (Phi) is 3.78. The number of pyridine rings is 1. The Balaban J connectivity index is 1.51. The summed E-state index contributed by atoms with van der Waals surface area (Å²) in [6, 6.07) is 13.4. The number of rotatable bonds is 2. The molecule has 2 aromatic heterocycles. The first kappa shape index (κ1) is 14.6. The van der Waals surface area contributed by atoms with Crippen LogP contribution >= 0.6 is 0 Å². The number of carbonyl (C=O) groups excluding carboxylic acids is 1. The minimum Gasteiger partial charge on any atom is -0.352 e. The van der Waals surface area contributed by atoms with Crippen LogP contribution in [-0.4, -0.2) is 51.9 Å². The van der Waals surface area contributed by atoms with Crippen LogP contribution in [0.3, 0.4) is 0 Å². The van der Waals surface area contributed by atoms with E-state index in [9.17, 15) is 4.79 Å². The number of hydrogen-bond donors (Lipinski definition) is 0. The standard InChI is InChI=1S/C18H17N5O/c24-18(16-7-3-4-8-19-16)23-11-9-22(10-12-23)17-14-5-1-2-6-15(14)20-13-21-17/h1-8,13H,9-12H2. The third kappa shape index (κ3) is 2.67. The molecule has 0 saturated carbocycles. The lowest BCUT2D eigenvalue weighted by Gasteiger charge is -2.35. The fraction of sp³-hybridized carbons (Fsp3) is 0.222. The van der Waals surface area contributed by atoms with Gasteiger partial charge in [-0.2, -0.15) is 0 Å². The molecule has 3 heterocycles. The maximum Gasteiger partial charge on any atom is 0.272 e. The predicted molar refractivity (Wildman–Crippen MR) is 91.9 cm³/mol. The van der Waals surface area contributed by atoms with E-state index in [4.69, 9.17) is 0 Å². The Labute approximate surface area is 139 Å². The fourth-order valence-electron chi connectivity index (χ4n) is 3.02. The number of nitrogens with zero attached hydrogens (tertiary/aromatic N) is 5. The topological polar surface area (TPSA) is 62.2 Å². The van der Waals surface area contributed by atoms with Crippen molar-refractivity contribution in [3.05, 3.63) is 60.7 Å². The van der Waals surface area contributed by atoms with Crippen LogP contribution in [0.25, 0.3) is 10.9 Å². The number of anilines is 1. The van der Waals surface area contributed by atoms with E-state index >= 15 is 0 Å². The first-order chi connectivity index (χ1) is 11.8. The molecule has 1 fully saturated rings. The third-order valence-electron chi connectivity index (χ3n) is 4.27. The van der Waals surface area contributed by atoms with E-state index in [1.165, 1.54) is 0 Å².